The molecule has 1 aliphatic heterocycles. The van der Waals surface area contributed by atoms with Gasteiger partial charge in [0.25, 0.3) is 0 Å². The Morgan fingerprint density at radius 1 is 1.25 bits per heavy atom. The van der Waals surface area contributed by atoms with Crippen molar-refractivity contribution in [2.24, 2.45) is 0 Å². The van der Waals surface area contributed by atoms with Gasteiger partial charge in [-0.1, -0.05) is 6.58 Å². The van der Waals surface area contributed by atoms with E-state index in [0.717, 1.165) is 4.48 Å². The van der Waals surface area contributed by atoms with Crippen molar-refractivity contribution in [3.63, 3.8) is 0 Å². The summed E-state index contributed by atoms with van der Waals surface area (Å²) >= 11 is 0. The third-order valence-electron chi connectivity index (χ3n) is 2.71. The largest absolute Gasteiger partial charge is 0.370 e. The van der Waals surface area contributed by atoms with E-state index >= 15 is 0 Å². The topological polar surface area (TPSA) is 3.24 Å². The molecular formula is C10H21N2+. The first kappa shape index (κ1) is 9.59. The Bertz CT molecular complexity index is 173. The van der Waals surface area contributed by atoms with E-state index in [9.17, 15) is 0 Å². The van der Waals surface area contributed by atoms with Crippen LogP contribution >= 0.6 is 0 Å². The summed E-state index contributed by atoms with van der Waals surface area (Å²) in [7, 11) is 4.61. The molecule has 0 aromatic heterocycles. The maximum atomic E-state index is 3.99. The molecule has 1 fully saturated rings. The molecule has 0 unspecified atom stereocenters. The first-order chi connectivity index (χ1) is 5.51. The number of hydrogen-bond acceptors (Lipinski definition) is 1. The van der Waals surface area contributed by atoms with Crippen LogP contribution in [-0.4, -0.2) is 49.7 Å². The Morgan fingerprint density at radius 2 is 1.92 bits per heavy atom. The quantitative estimate of drug-likeness (QED) is 0.535. The summed E-state index contributed by atoms with van der Waals surface area (Å²) < 4.78 is 1.16. The van der Waals surface area contributed by atoms with Crippen LogP contribution in [0.2, 0.25) is 0 Å². The van der Waals surface area contributed by atoms with Gasteiger partial charge in [-0.3, -0.25) is 0 Å². The molecule has 1 rings (SSSR count). The summed E-state index contributed by atoms with van der Waals surface area (Å²) in [5.41, 5.74) is 1.22. The van der Waals surface area contributed by atoms with Gasteiger partial charge in [0.15, 0.2) is 0 Å². The smallest absolute Gasteiger partial charge is 0.0960 e. The van der Waals surface area contributed by atoms with Crippen molar-refractivity contribution in [1.82, 2.24) is 4.90 Å². The fourth-order valence-electron chi connectivity index (χ4n) is 1.69. The van der Waals surface area contributed by atoms with Crippen LogP contribution in [0.3, 0.4) is 0 Å². The van der Waals surface area contributed by atoms with Crippen LogP contribution in [0.25, 0.3) is 0 Å². The fraction of sp³-hybridized carbons (Fsp3) is 0.800. The van der Waals surface area contributed by atoms with Crippen molar-refractivity contribution in [2.45, 2.75) is 13.3 Å². The Morgan fingerprint density at radius 3 is 2.50 bits per heavy atom. The minimum absolute atomic E-state index is 1.16. The van der Waals surface area contributed by atoms with Gasteiger partial charge < -0.3 is 9.38 Å². The second-order valence-electron chi connectivity index (χ2n) is 4.46. The van der Waals surface area contributed by atoms with Crippen molar-refractivity contribution in [3.8, 4) is 0 Å². The maximum Gasteiger partial charge on any atom is 0.0960 e. The molecule has 0 aliphatic carbocycles. The van der Waals surface area contributed by atoms with E-state index in [1.54, 1.807) is 0 Å². The van der Waals surface area contributed by atoms with E-state index in [1.807, 2.05) is 0 Å². The summed E-state index contributed by atoms with van der Waals surface area (Å²) in [6, 6.07) is 0. The van der Waals surface area contributed by atoms with E-state index in [-0.39, 0.29) is 0 Å². The Labute approximate surface area is 76.1 Å². The number of rotatable bonds is 1. The molecule has 0 aromatic rings. The van der Waals surface area contributed by atoms with Gasteiger partial charge in [-0.15, -0.1) is 0 Å². The molecule has 1 aliphatic rings. The number of hydrogen-bond donors (Lipinski definition) is 0. The molecule has 2 nitrogen and oxygen atoms in total. The number of nitrogens with zero attached hydrogens (tertiary/aromatic N) is 2. The van der Waals surface area contributed by atoms with Crippen LogP contribution in [0.15, 0.2) is 12.3 Å². The molecule has 0 radical (unpaired) electrons. The summed E-state index contributed by atoms with van der Waals surface area (Å²) in [5.74, 6) is 0. The van der Waals surface area contributed by atoms with Crippen LogP contribution in [0, 0.1) is 0 Å². The van der Waals surface area contributed by atoms with Gasteiger partial charge in [-0.25, -0.2) is 0 Å². The van der Waals surface area contributed by atoms with Crippen molar-refractivity contribution in [2.75, 3.05) is 40.3 Å². The van der Waals surface area contributed by atoms with Gasteiger partial charge in [0.1, 0.15) is 0 Å². The van der Waals surface area contributed by atoms with E-state index in [1.165, 1.54) is 38.3 Å². The van der Waals surface area contributed by atoms with Crippen molar-refractivity contribution in [1.29, 1.82) is 0 Å². The monoisotopic (exact) mass is 169 g/mol. The molecule has 2 heteroatoms. The first-order valence-electron chi connectivity index (χ1n) is 4.74. The summed E-state index contributed by atoms with van der Waals surface area (Å²) in [4.78, 5) is 2.40. The molecule has 1 heterocycles. The number of allylic oxidation sites excluding steroid dienone is 1. The average molecular weight is 169 g/mol. The SMILES string of the molecule is C=C(C)N1CCC[N+](C)(C)CC1. The van der Waals surface area contributed by atoms with Gasteiger partial charge in [0, 0.05) is 18.7 Å². The molecule has 1 saturated heterocycles. The van der Waals surface area contributed by atoms with E-state index < -0.39 is 0 Å². The van der Waals surface area contributed by atoms with Gasteiger partial charge in [-0.2, -0.15) is 0 Å². The average Bonchev–Trinajstić information content (AvgIpc) is 2.10. The lowest BCUT2D eigenvalue weighted by molar-refractivity contribution is -0.888. The van der Waals surface area contributed by atoms with Gasteiger partial charge in [0.05, 0.1) is 33.7 Å². The van der Waals surface area contributed by atoms with Crippen molar-refractivity contribution in [3.05, 3.63) is 12.3 Å². The minimum Gasteiger partial charge on any atom is -0.370 e. The number of likely N-dealkylation sites (N-methyl/N-ethyl adjacent to an activating group) is 1. The summed E-state index contributed by atoms with van der Waals surface area (Å²) in [6.07, 6.45) is 1.29. The highest BCUT2D eigenvalue weighted by molar-refractivity contribution is 4.88. The second-order valence-corrected chi connectivity index (χ2v) is 4.46. The van der Waals surface area contributed by atoms with Gasteiger partial charge in [-0.05, 0) is 6.92 Å². The van der Waals surface area contributed by atoms with Gasteiger partial charge >= 0.3 is 0 Å². The highest BCUT2D eigenvalue weighted by atomic mass is 15.3. The van der Waals surface area contributed by atoms with Crippen LogP contribution in [0.5, 0.6) is 0 Å². The molecule has 12 heavy (non-hydrogen) atoms. The predicted molar refractivity (Wildman–Crippen MR) is 52.8 cm³/mol. The summed E-state index contributed by atoms with van der Waals surface area (Å²) in [6.45, 7) is 11.0. The zero-order chi connectivity index (χ0) is 9.19. The van der Waals surface area contributed by atoms with Crippen LogP contribution in [-0.2, 0) is 0 Å². The first-order valence-corrected chi connectivity index (χ1v) is 4.74. The Hall–Kier alpha value is -0.500. The fourth-order valence-corrected chi connectivity index (χ4v) is 1.69. The zero-order valence-electron chi connectivity index (χ0n) is 8.64. The molecule has 0 amide bonds. The second kappa shape index (κ2) is 3.48. The third-order valence-corrected chi connectivity index (χ3v) is 2.71. The van der Waals surface area contributed by atoms with Crippen LogP contribution < -0.4 is 0 Å². The molecule has 70 valence electrons. The molecule has 0 N–H and O–H groups in total. The van der Waals surface area contributed by atoms with Crippen molar-refractivity contribution >= 4 is 0 Å². The molecule has 0 spiro atoms. The number of quaternary nitrogens is 1. The molecule has 0 bridgehead atoms. The standard InChI is InChI=1S/C10H21N2/c1-10(2)11-6-5-8-12(3,4)9-7-11/h1,5-9H2,2-4H3/q+1. The van der Waals surface area contributed by atoms with E-state index in [4.69, 9.17) is 0 Å². The molecule has 0 aromatic carbocycles. The van der Waals surface area contributed by atoms with Crippen molar-refractivity contribution < 1.29 is 4.48 Å². The van der Waals surface area contributed by atoms with E-state index in [0.29, 0.717) is 0 Å². The van der Waals surface area contributed by atoms with Crippen LogP contribution in [0.1, 0.15) is 13.3 Å². The lowest BCUT2D eigenvalue weighted by Gasteiger charge is -2.28. The predicted octanol–water partition coefficient (Wildman–Crippen LogP) is 1.30. The normalized spacial score (nSPS) is 23.4. The Balaban J connectivity index is 2.50. The lowest BCUT2D eigenvalue weighted by atomic mass is 10.3. The highest BCUT2D eigenvalue weighted by Gasteiger charge is 2.20. The van der Waals surface area contributed by atoms with Gasteiger partial charge in [0.2, 0.25) is 0 Å². The molecule has 0 saturated carbocycles. The minimum atomic E-state index is 1.16. The molecular weight excluding hydrogens is 148 g/mol. The maximum absolute atomic E-state index is 3.99. The summed E-state index contributed by atoms with van der Waals surface area (Å²) in [5, 5.41) is 0. The van der Waals surface area contributed by atoms with E-state index in [2.05, 4.69) is 32.5 Å². The highest BCUT2D eigenvalue weighted by Crippen LogP contribution is 2.10. The third kappa shape index (κ3) is 2.52. The zero-order valence-corrected chi connectivity index (χ0v) is 8.64. The Kier molecular flexibility index (Phi) is 2.78. The molecule has 0 atom stereocenters. The van der Waals surface area contributed by atoms with Crippen LogP contribution in [0.4, 0.5) is 0 Å². The lowest BCUT2D eigenvalue weighted by Crippen LogP contribution is -2.42.